The maximum absolute atomic E-state index is 4.52. The van der Waals surface area contributed by atoms with Crippen molar-refractivity contribution in [2.75, 3.05) is 7.05 Å². The normalized spacial score (nSPS) is 17.2. The van der Waals surface area contributed by atoms with Crippen LogP contribution >= 0.6 is 11.3 Å². The van der Waals surface area contributed by atoms with E-state index in [4.69, 9.17) is 0 Å². The summed E-state index contributed by atoms with van der Waals surface area (Å²) in [7, 11) is 1.82. The summed E-state index contributed by atoms with van der Waals surface area (Å²) in [6.07, 6.45) is 5.19. The predicted molar refractivity (Wildman–Crippen MR) is 77.2 cm³/mol. The summed E-state index contributed by atoms with van der Waals surface area (Å²) in [5.41, 5.74) is 1.13. The fourth-order valence-electron chi connectivity index (χ4n) is 2.23. The summed E-state index contributed by atoms with van der Waals surface area (Å²) in [5, 5.41) is 7.94. The molecule has 0 unspecified atom stereocenters. The van der Waals surface area contributed by atoms with Gasteiger partial charge in [-0.1, -0.05) is 12.8 Å². The summed E-state index contributed by atoms with van der Waals surface area (Å²) in [5.74, 6) is 0.896. The number of aliphatic imine (C=N–C) groups is 1. The van der Waals surface area contributed by atoms with Crippen LogP contribution in [0.15, 0.2) is 4.99 Å². The van der Waals surface area contributed by atoms with Crippen molar-refractivity contribution in [2.45, 2.75) is 52.1 Å². The highest BCUT2D eigenvalue weighted by molar-refractivity contribution is 7.11. The third-order valence-electron chi connectivity index (χ3n) is 3.40. The van der Waals surface area contributed by atoms with Crippen LogP contribution in [0.2, 0.25) is 0 Å². The standard InChI is InChI=1S/C13H22N4S/c1-9-10(2)18-12(16-9)8-15-13(14-3)17-11-6-4-5-7-11/h11H,4-8H2,1-3H3,(H2,14,15,17). The second-order valence-corrected chi connectivity index (χ2v) is 6.09. The lowest BCUT2D eigenvalue weighted by molar-refractivity contribution is 0.613. The van der Waals surface area contributed by atoms with E-state index in [2.05, 4.69) is 34.5 Å². The lowest BCUT2D eigenvalue weighted by Crippen LogP contribution is -2.41. The molecular weight excluding hydrogens is 244 g/mol. The maximum Gasteiger partial charge on any atom is 0.191 e. The largest absolute Gasteiger partial charge is 0.354 e. The van der Waals surface area contributed by atoms with Crippen LogP contribution in [-0.2, 0) is 6.54 Å². The first-order valence-electron chi connectivity index (χ1n) is 6.59. The zero-order valence-electron chi connectivity index (χ0n) is 11.4. The molecule has 1 aliphatic carbocycles. The molecule has 1 aromatic rings. The molecule has 4 nitrogen and oxygen atoms in total. The van der Waals surface area contributed by atoms with Gasteiger partial charge >= 0.3 is 0 Å². The van der Waals surface area contributed by atoms with E-state index in [1.54, 1.807) is 11.3 Å². The molecule has 1 aliphatic rings. The van der Waals surface area contributed by atoms with E-state index in [9.17, 15) is 0 Å². The minimum Gasteiger partial charge on any atom is -0.354 e. The second-order valence-electron chi connectivity index (χ2n) is 4.80. The molecule has 2 rings (SSSR count). The van der Waals surface area contributed by atoms with Crippen molar-refractivity contribution in [1.82, 2.24) is 15.6 Å². The number of nitrogens with zero attached hydrogens (tertiary/aromatic N) is 2. The molecule has 0 amide bonds. The third kappa shape index (κ3) is 3.45. The molecule has 5 heteroatoms. The minimum atomic E-state index is 0.593. The van der Waals surface area contributed by atoms with Gasteiger partial charge in [0.15, 0.2) is 5.96 Å². The molecule has 1 fully saturated rings. The van der Waals surface area contributed by atoms with Crippen LogP contribution in [0.5, 0.6) is 0 Å². The van der Waals surface area contributed by atoms with Crippen LogP contribution in [-0.4, -0.2) is 24.0 Å². The molecule has 100 valence electrons. The van der Waals surface area contributed by atoms with Gasteiger partial charge in [-0.05, 0) is 26.7 Å². The summed E-state index contributed by atoms with van der Waals surface area (Å²) >= 11 is 1.75. The Morgan fingerprint density at radius 2 is 2.11 bits per heavy atom. The first-order valence-corrected chi connectivity index (χ1v) is 7.41. The zero-order chi connectivity index (χ0) is 13.0. The van der Waals surface area contributed by atoms with E-state index in [0.717, 1.165) is 23.2 Å². The van der Waals surface area contributed by atoms with E-state index >= 15 is 0 Å². The molecule has 0 spiro atoms. The predicted octanol–water partition coefficient (Wildman–Crippen LogP) is 2.37. The highest BCUT2D eigenvalue weighted by Crippen LogP contribution is 2.18. The number of hydrogen-bond acceptors (Lipinski definition) is 3. The van der Waals surface area contributed by atoms with Gasteiger partial charge in [-0.2, -0.15) is 0 Å². The molecule has 1 saturated carbocycles. The van der Waals surface area contributed by atoms with E-state index in [1.165, 1.54) is 30.6 Å². The van der Waals surface area contributed by atoms with E-state index in [-0.39, 0.29) is 0 Å². The average Bonchev–Trinajstić information content (AvgIpc) is 2.96. The van der Waals surface area contributed by atoms with Crippen LogP contribution in [0.1, 0.15) is 41.3 Å². The van der Waals surface area contributed by atoms with Crippen molar-refractivity contribution in [3.05, 3.63) is 15.6 Å². The summed E-state index contributed by atoms with van der Waals surface area (Å²) in [6.45, 7) is 4.93. The lowest BCUT2D eigenvalue weighted by atomic mass is 10.2. The lowest BCUT2D eigenvalue weighted by Gasteiger charge is -2.16. The SMILES string of the molecule is CN=C(NCc1nc(C)c(C)s1)NC1CCCC1. The summed E-state index contributed by atoms with van der Waals surface area (Å²) < 4.78 is 0. The van der Waals surface area contributed by atoms with E-state index < -0.39 is 0 Å². The fraction of sp³-hybridized carbons (Fsp3) is 0.692. The maximum atomic E-state index is 4.52. The van der Waals surface area contributed by atoms with Gasteiger partial charge in [-0.25, -0.2) is 4.98 Å². The number of nitrogens with one attached hydrogen (secondary N) is 2. The molecule has 0 radical (unpaired) electrons. The Bertz CT molecular complexity index is 399. The van der Waals surface area contributed by atoms with Crippen molar-refractivity contribution < 1.29 is 0 Å². The third-order valence-corrected chi connectivity index (χ3v) is 4.47. The number of aromatic nitrogens is 1. The first kappa shape index (κ1) is 13.3. The van der Waals surface area contributed by atoms with Gasteiger partial charge in [0.2, 0.25) is 0 Å². The molecule has 0 aromatic carbocycles. The average molecular weight is 266 g/mol. The van der Waals surface area contributed by atoms with Gasteiger partial charge in [0.25, 0.3) is 0 Å². The van der Waals surface area contributed by atoms with Gasteiger partial charge in [0.1, 0.15) is 5.01 Å². The van der Waals surface area contributed by atoms with Gasteiger partial charge < -0.3 is 10.6 Å². The number of rotatable bonds is 3. The van der Waals surface area contributed by atoms with Gasteiger partial charge in [-0.3, -0.25) is 4.99 Å². The Labute approximate surface area is 113 Å². The Morgan fingerprint density at radius 3 is 2.67 bits per heavy atom. The molecule has 0 atom stereocenters. The molecule has 0 aliphatic heterocycles. The van der Waals surface area contributed by atoms with Crippen LogP contribution in [0.4, 0.5) is 0 Å². The number of aryl methyl sites for hydroxylation is 2. The quantitative estimate of drug-likeness (QED) is 0.652. The minimum absolute atomic E-state index is 0.593. The van der Waals surface area contributed by atoms with Crippen LogP contribution in [0.3, 0.4) is 0 Å². The second kappa shape index (κ2) is 6.18. The van der Waals surface area contributed by atoms with Gasteiger partial charge in [-0.15, -0.1) is 11.3 Å². The Morgan fingerprint density at radius 1 is 1.39 bits per heavy atom. The monoisotopic (exact) mass is 266 g/mol. The molecule has 1 heterocycles. The topological polar surface area (TPSA) is 49.3 Å². The van der Waals surface area contributed by atoms with Crippen molar-refractivity contribution in [3.63, 3.8) is 0 Å². The van der Waals surface area contributed by atoms with Crippen LogP contribution < -0.4 is 10.6 Å². The Kier molecular flexibility index (Phi) is 4.58. The summed E-state index contributed by atoms with van der Waals surface area (Å²) in [4.78, 5) is 10.1. The highest BCUT2D eigenvalue weighted by Gasteiger charge is 2.15. The number of guanidine groups is 1. The van der Waals surface area contributed by atoms with Crippen LogP contribution in [0.25, 0.3) is 0 Å². The van der Waals surface area contributed by atoms with Crippen molar-refractivity contribution in [2.24, 2.45) is 4.99 Å². The zero-order valence-corrected chi connectivity index (χ0v) is 12.2. The van der Waals surface area contributed by atoms with Gasteiger partial charge in [0, 0.05) is 18.0 Å². The van der Waals surface area contributed by atoms with Crippen molar-refractivity contribution in [3.8, 4) is 0 Å². The molecule has 2 N–H and O–H groups in total. The van der Waals surface area contributed by atoms with Crippen molar-refractivity contribution >= 4 is 17.3 Å². The number of thiazole rings is 1. The van der Waals surface area contributed by atoms with E-state index in [0.29, 0.717) is 6.04 Å². The molecule has 0 saturated heterocycles. The number of hydrogen-bond donors (Lipinski definition) is 2. The molecule has 18 heavy (non-hydrogen) atoms. The molecule has 1 aromatic heterocycles. The fourth-order valence-corrected chi connectivity index (χ4v) is 3.11. The smallest absolute Gasteiger partial charge is 0.191 e. The van der Waals surface area contributed by atoms with Crippen LogP contribution in [0, 0.1) is 13.8 Å². The Balaban J connectivity index is 1.83. The first-order chi connectivity index (χ1) is 8.69. The molecule has 0 bridgehead atoms. The summed E-state index contributed by atoms with van der Waals surface area (Å²) in [6, 6.07) is 0.593. The van der Waals surface area contributed by atoms with Gasteiger partial charge in [0.05, 0.1) is 12.2 Å². The van der Waals surface area contributed by atoms with Crippen molar-refractivity contribution in [1.29, 1.82) is 0 Å². The Hall–Kier alpha value is -1.10. The highest BCUT2D eigenvalue weighted by atomic mass is 32.1. The molecular formula is C13H22N4S. The van der Waals surface area contributed by atoms with E-state index in [1.807, 2.05) is 7.05 Å².